The fraction of sp³-hybridized carbons (Fsp3) is 0.476. The molecule has 5 heteroatoms. The second kappa shape index (κ2) is 6.71. The van der Waals surface area contributed by atoms with Crippen LogP contribution in [-0.4, -0.2) is 30.8 Å². The van der Waals surface area contributed by atoms with E-state index in [2.05, 4.69) is 46.9 Å². The van der Waals surface area contributed by atoms with E-state index in [1.54, 1.807) is 0 Å². The predicted molar refractivity (Wildman–Crippen MR) is 107 cm³/mol. The molecule has 26 heavy (non-hydrogen) atoms. The molecule has 3 rings (SSSR count). The van der Waals surface area contributed by atoms with Gasteiger partial charge >= 0.3 is 7.12 Å². The molecular weight excluding hydrogens is 325 g/mol. The standard InChI is InChI=1S/C21H28BNO3/c1-14(2)13-23-19(24)16-10-11-17-15(12-16)8-7-9-18(17)22-25-20(3,4)21(5,6)26-22/h7-12,14H,13H2,1-6H3,(H,23,24). The molecule has 1 saturated heterocycles. The molecule has 0 spiro atoms. The number of amides is 1. The van der Waals surface area contributed by atoms with Gasteiger partial charge in [-0.05, 0) is 62.0 Å². The summed E-state index contributed by atoms with van der Waals surface area (Å²) >= 11 is 0. The minimum atomic E-state index is -0.413. The smallest absolute Gasteiger partial charge is 0.399 e. The summed E-state index contributed by atoms with van der Waals surface area (Å²) in [4.78, 5) is 12.3. The molecule has 0 radical (unpaired) electrons. The molecule has 1 amide bonds. The molecule has 0 bridgehead atoms. The molecule has 138 valence electrons. The molecule has 1 heterocycles. The summed E-state index contributed by atoms with van der Waals surface area (Å²) in [5, 5.41) is 5.02. The van der Waals surface area contributed by atoms with Gasteiger partial charge in [-0.1, -0.05) is 38.1 Å². The van der Waals surface area contributed by atoms with E-state index in [9.17, 15) is 4.79 Å². The lowest BCUT2D eigenvalue weighted by Gasteiger charge is -2.32. The second-order valence-electron chi connectivity index (χ2n) is 8.48. The number of hydrogen-bond donors (Lipinski definition) is 1. The SMILES string of the molecule is CC(C)CNC(=O)c1ccc2c(B3OC(C)(C)C(C)(C)O3)cccc2c1. The van der Waals surface area contributed by atoms with E-state index in [0.717, 1.165) is 16.2 Å². The van der Waals surface area contributed by atoms with Crippen molar-refractivity contribution in [2.45, 2.75) is 52.7 Å². The van der Waals surface area contributed by atoms with Gasteiger partial charge in [-0.3, -0.25) is 4.79 Å². The third kappa shape index (κ3) is 3.51. The van der Waals surface area contributed by atoms with E-state index in [1.165, 1.54) is 0 Å². The van der Waals surface area contributed by atoms with Crippen LogP contribution in [-0.2, 0) is 9.31 Å². The first-order valence-corrected chi connectivity index (χ1v) is 9.27. The molecule has 2 aromatic rings. The van der Waals surface area contributed by atoms with Gasteiger partial charge in [0.1, 0.15) is 0 Å². The van der Waals surface area contributed by atoms with Crippen LogP contribution >= 0.6 is 0 Å². The van der Waals surface area contributed by atoms with Gasteiger partial charge in [0.2, 0.25) is 0 Å². The molecule has 0 aliphatic carbocycles. The van der Waals surface area contributed by atoms with Crippen LogP contribution in [0.2, 0.25) is 0 Å². The highest BCUT2D eigenvalue weighted by Crippen LogP contribution is 2.37. The van der Waals surface area contributed by atoms with Crippen LogP contribution in [0.15, 0.2) is 36.4 Å². The molecule has 0 atom stereocenters. The third-order valence-electron chi connectivity index (χ3n) is 5.35. The first-order chi connectivity index (χ1) is 12.1. The third-order valence-corrected chi connectivity index (χ3v) is 5.35. The topological polar surface area (TPSA) is 47.6 Å². The van der Waals surface area contributed by atoms with E-state index in [-0.39, 0.29) is 17.1 Å². The Bertz CT molecular complexity index is 813. The average Bonchev–Trinajstić information content (AvgIpc) is 2.79. The summed E-state index contributed by atoms with van der Waals surface area (Å²) < 4.78 is 12.4. The Morgan fingerprint density at radius 1 is 1.08 bits per heavy atom. The summed E-state index contributed by atoms with van der Waals surface area (Å²) in [6.45, 7) is 13.0. The van der Waals surface area contributed by atoms with Crippen molar-refractivity contribution in [1.29, 1.82) is 0 Å². The van der Waals surface area contributed by atoms with Crippen molar-refractivity contribution >= 4 is 29.3 Å². The van der Waals surface area contributed by atoms with Crippen LogP contribution in [0.5, 0.6) is 0 Å². The zero-order valence-electron chi connectivity index (χ0n) is 16.6. The van der Waals surface area contributed by atoms with Crippen molar-refractivity contribution in [3.05, 3.63) is 42.0 Å². The molecule has 2 aromatic carbocycles. The minimum Gasteiger partial charge on any atom is -0.399 e. The van der Waals surface area contributed by atoms with Crippen LogP contribution in [0, 0.1) is 5.92 Å². The molecule has 0 aromatic heterocycles. The van der Waals surface area contributed by atoms with Crippen LogP contribution in [0.3, 0.4) is 0 Å². The summed E-state index contributed by atoms with van der Waals surface area (Å²) in [6, 6.07) is 11.8. The van der Waals surface area contributed by atoms with E-state index >= 15 is 0 Å². The zero-order chi connectivity index (χ0) is 19.1. The van der Waals surface area contributed by atoms with Crippen LogP contribution in [0.4, 0.5) is 0 Å². The molecule has 1 aliphatic heterocycles. The van der Waals surface area contributed by atoms with E-state index < -0.39 is 7.12 Å². The number of hydrogen-bond acceptors (Lipinski definition) is 3. The number of rotatable bonds is 4. The largest absolute Gasteiger partial charge is 0.495 e. The van der Waals surface area contributed by atoms with Crippen molar-refractivity contribution < 1.29 is 14.1 Å². The zero-order valence-corrected chi connectivity index (χ0v) is 16.6. The lowest BCUT2D eigenvalue weighted by atomic mass is 9.76. The van der Waals surface area contributed by atoms with Gasteiger partial charge in [-0.15, -0.1) is 0 Å². The molecular formula is C21H28BNO3. The summed E-state index contributed by atoms with van der Waals surface area (Å²) in [5.74, 6) is 0.385. The van der Waals surface area contributed by atoms with Crippen molar-refractivity contribution in [1.82, 2.24) is 5.32 Å². The summed E-state index contributed by atoms with van der Waals surface area (Å²) in [5.41, 5.74) is 0.909. The molecule has 0 unspecified atom stereocenters. The van der Waals surface area contributed by atoms with Gasteiger partial charge in [0.25, 0.3) is 5.91 Å². The highest BCUT2D eigenvalue weighted by molar-refractivity contribution is 6.65. The Balaban J connectivity index is 1.91. The van der Waals surface area contributed by atoms with Crippen LogP contribution in [0.25, 0.3) is 10.8 Å². The second-order valence-corrected chi connectivity index (χ2v) is 8.48. The van der Waals surface area contributed by atoms with Crippen molar-refractivity contribution in [3.8, 4) is 0 Å². The van der Waals surface area contributed by atoms with Crippen molar-refractivity contribution in [2.75, 3.05) is 6.54 Å². The van der Waals surface area contributed by atoms with Crippen molar-refractivity contribution in [3.63, 3.8) is 0 Å². The van der Waals surface area contributed by atoms with E-state index in [1.807, 2.05) is 36.4 Å². The fourth-order valence-electron chi connectivity index (χ4n) is 3.02. The lowest BCUT2D eigenvalue weighted by Crippen LogP contribution is -2.41. The Labute approximate surface area is 156 Å². The number of nitrogens with one attached hydrogen (secondary N) is 1. The maximum atomic E-state index is 12.3. The Hall–Kier alpha value is -1.85. The molecule has 1 aliphatic rings. The Morgan fingerprint density at radius 3 is 2.35 bits per heavy atom. The van der Waals surface area contributed by atoms with Gasteiger partial charge in [-0.25, -0.2) is 0 Å². The van der Waals surface area contributed by atoms with Gasteiger partial charge < -0.3 is 14.6 Å². The summed E-state index contributed by atoms with van der Waals surface area (Å²) in [6.07, 6.45) is 0. The Morgan fingerprint density at radius 2 is 1.73 bits per heavy atom. The number of carbonyl (C=O) groups excluding carboxylic acids is 1. The average molecular weight is 353 g/mol. The van der Waals surface area contributed by atoms with E-state index in [4.69, 9.17) is 9.31 Å². The maximum Gasteiger partial charge on any atom is 0.495 e. The number of benzene rings is 2. The normalized spacial score (nSPS) is 18.5. The predicted octanol–water partition coefficient (Wildman–Crippen LogP) is 3.52. The van der Waals surface area contributed by atoms with Crippen LogP contribution in [0.1, 0.15) is 51.9 Å². The monoisotopic (exact) mass is 353 g/mol. The van der Waals surface area contributed by atoms with Crippen LogP contribution < -0.4 is 10.8 Å². The summed E-state index contributed by atoms with van der Waals surface area (Å²) in [7, 11) is -0.413. The van der Waals surface area contributed by atoms with Gasteiger partial charge in [0, 0.05) is 12.1 Å². The minimum absolute atomic E-state index is 0.0402. The lowest BCUT2D eigenvalue weighted by molar-refractivity contribution is 0.00578. The highest BCUT2D eigenvalue weighted by Gasteiger charge is 2.52. The molecule has 0 saturated carbocycles. The quantitative estimate of drug-likeness (QED) is 0.856. The molecule has 4 nitrogen and oxygen atoms in total. The number of fused-ring (bicyclic) bond motifs is 1. The number of carbonyl (C=O) groups is 1. The van der Waals surface area contributed by atoms with E-state index in [0.29, 0.717) is 18.0 Å². The fourth-order valence-corrected chi connectivity index (χ4v) is 3.02. The van der Waals surface area contributed by atoms with Gasteiger partial charge in [0.15, 0.2) is 0 Å². The first kappa shape index (κ1) is 18.9. The maximum absolute atomic E-state index is 12.3. The first-order valence-electron chi connectivity index (χ1n) is 9.27. The molecule has 1 fully saturated rings. The Kier molecular flexibility index (Phi) is 4.89. The molecule has 1 N–H and O–H groups in total. The van der Waals surface area contributed by atoms with Gasteiger partial charge in [0.05, 0.1) is 11.2 Å². The highest BCUT2D eigenvalue weighted by atomic mass is 16.7. The van der Waals surface area contributed by atoms with Gasteiger partial charge in [-0.2, -0.15) is 0 Å². The van der Waals surface area contributed by atoms with Crippen molar-refractivity contribution in [2.24, 2.45) is 5.92 Å².